The molecule has 0 spiro atoms. The first-order valence-electron chi connectivity index (χ1n) is 14.3. The van der Waals surface area contributed by atoms with Crippen LogP contribution in [0.4, 0.5) is 0 Å². The van der Waals surface area contributed by atoms with Crippen LogP contribution >= 0.6 is 0 Å². The zero-order chi connectivity index (χ0) is 29.3. The quantitative estimate of drug-likeness (QED) is 0.176. The van der Waals surface area contributed by atoms with Crippen LogP contribution in [0.1, 0.15) is 84.4 Å². The summed E-state index contributed by atoms with van der Waals surface area (Å²) < 4.78 is 0. The van der Waals surface area contributed by atoms with Crippen molar-refractivity contribution in [1.82, 2.24) is 10.3 Å². The Hall–Kier alpha value is -2.24. The summed E-state index contributed by atoms with van der Waals surface area (Å²) in [5.74, 6) is -2.82. The van der Waals surface area contributed by atoms with Gasteiger partial charge in [-0.2, -0.15) is 0 Å². The molecule has 0 aliphatic heterocycles. The molecule has 10 nitrogen and oxygen atoms in total. The predicted octanol–water partition coefficient (Wildman–Crippen LogP) is 1.37. The van der Waals surface area contributed by atoms with E-state index in [9.17, 15) is 24.6 Å². The lowest BCUT2D eigenvalue weighted by molar-refractivity contribution is -0.164. The zero-order valence-corrected chi connectivity index (χ0v) is 23.9. The fourth-order valence-corrected chi connectivity index (χ4v) is 5.79. The maximum absolute atomic E-state index is 14.1. The molecule has 1 aromatic heterocycles. The molecule has 1 unspecified atom stereocenters. The highest BCUT2D eigenvalue weighted by Gasteiger charge is 2.57. The third-order valence-corrected chi connectivity index (χ3v) is 8.62. The van der Waals surface area contributed by atoms with E-state index in [-0.39, 0.29) is 11.6 Å². The Bertz CT molecular complexity index is 939. The van der Waals surface area contributed by atoms with E-state index in [2.05, 4.69) is 10.3 Å². The molecular weight excluding hydrogens is 498 g/mol. The van der Waals surface area contributed by atoms with Gasteiger partial charge in [0.05, 0.1) is 24.4 Å². The van der Waals surface area contributed by atoms with Crippen molar-refractivity contribution in [1.29, 1.82) is 0 Å². The number of nitrogens with zero attached hydrogens (tertiary/aromatic N) is 1. The Labute approximate surface area is 232 Å². The Morgan fingerprint density at radius 1 is 1.10 bits per heavy atom. The summed E-state index contributed by atoms with van der Waals surface area (Å²) in [6.07, 6.45) is 4.47. The molecule has 7 atom stereocenters. The number of carbonyl (C=O) groups is 3. The lowest BCUT2D eigenvalue weighted by Crippen LogP contribution is -2.65. The fourth-order valence-electron chi connectivity index (χ4n) is 5.79. The number of rotatable bonds is 15. The minimum Gasteiger partial charge on any atom is -0.389 e. The number of hydrogen-bond acceptors (Lipinski definition) is 9. The molecular formula is C29H49N5O5. The highest BCUT2D eigenvalue weighted by molar-refractivity contribution is 6.09. The van der Waals surface area contributed by atoms with Crippen LogP contribution in [0.25, 0.3) is 0 Å². The van der Waals surface area contributed by atoms with Crippen molar-refractivity contribution in [3.8, 4) is 0 Å². The smallest absolute Gasteiger partial charge is 0.237 e. The number of aliphatic hydroxyl groups is 2. The molecule has 1 aromatic rings. The molecule has 0 saturated heterocycles. The average Bonchev–Trinajstić information content (AvgIpc) is 2.95. The molecule has 0 bridgehead atoms. The van der Waals surface area contributed by atoms with Crippen molar-refractivity contribution in [2.45, 2.75) is 103 Å². The van der Waals surface area contributed by atoms with E-state index in [1.807, 2.05) is 13.8 Å². The van der Waals surface area contributed by atoms with Crippen molar-refractivity contribution in [2.24, 2.45) is 40.4 Å². The minimum absolute atomic E-state index is 0.175. The molecule has 10 heteroatoms. The number of ketones is 2. The normalized spacial score (nSPS) is 20.8. The van der Waals surface area contributed by atoms with Gasteiger partial charge in [0, 0.05) is 12.2 Å². The second-order valence-electron chi connectivity index (χ2n) is 11.5. The fraction of sp³-hybridized carbons (Fsp3) is 0.724. The molecule has 0 aromatic carbocycles. The van der Waals surface area contributed by atoms with E-state index in [0.717, 1.165) is 32.1 Å². The van der Waals surface area contributed by atoms with Crippen LogP contribution in [0.2, 0.25) is 0 Å². The second-order valence-corrected chi connectivity index (χ2v) is 11.5. The molecule has 1 aliphatic carbocycles. The van der Waals surface area contributed by atoms with Crippen molar-refractivity contribution >= 4 is 17.5 Å². The van der Waals surface area contributed by atoms with E-state index in [4.69, 9.17) is 17.2 Å². The van der Waals surface area contributed by atoms with Crippen LogP contribution in [0.5, 0.6) is 0 Å². The first kappa shape index (κ1) is 33.0. The Kier molecular flexibility index (Phi) is 12.6. The van der Waals surface area contributed by atoms with Crippen molar-refractivity contribution < 1.29 is 24.6 Å². The standard InChI is InChI=1S/C29H49N5O5/c1-5-18(4)23(32)26(37)24(21-13-9-10-14-33-21)34-28(39)29(17(2)3,22(35)16-30)27(38)25(36)20(31)15-19-11-7-6-8-12-19/h9-10,13-14,17-20,23-25,27,36,38H,5-8,11-12,15-16,30-32H2,1-4H3,(H,34,39)/t18-,20-,23-,24?,25+,27-,29-/m0/s1. The number of carbonyl (C=O) groups excluding carboxylic acids is 3. The lowest BCUT2D eigenvalue weighted by atomic mass is 9.65. The summed E-state index contributed by atoms with van der Waals surface area (Å²) in [6.45, 7) is 6.38. The van der Waals surface area contributed by atoms with Crippen LogP contribution in [-0.4, -0.2) is 63.5 Å². The van der Waals surface area contributed by atoms with Gasteiger partial charge in [0.2, 0.25) is 5.91 Å². The lowest BCUT2D eigenvalue weighted by Gasteiger charge is -2.42. The van der Waals surface area contributed by atoms with Gasteiger partial charge in [-0.1, -0.05) is 72.3 Å². The monoisotopic (exact) mass is 547 g/mol. The third kappa shape index (κ3) is 7.49. The van der Waals surface area contributed by atoms with E-state index in [0.29, 0.717) is 18.8 Å². The zero-order valence-electron chi connectivity index (χ0n) is 23.9. The first-order chi connectivity index (χ1) is 18.4. The van der Waals surface area contributed by atoms with Crippen LogP contribution in [0.15, 0.2) is 24.4 Å². The molecule has 9 N–H and O–H groups in total. The molecule has 39 heavy (non-hydrogen) atoms. The largest absolute Gasteiger partial charge is 0.389 e. The van der Waals surface area contributed by atoms with Crippen molar-refractivity contribution in [2.75, 3.05) is 6.54 Å². The number of Topliss-reactive ketones (excluding diaryl/α,β-unsaturated/α-hetero) is 2. The molecule has 1 aliphatic rings. The SMILES string of the molecule is CC[C@H](C)[C@H](N)C(=O)C(NC(=O)[C@](C(=O)CN)(C(C)C)[C@@H](O)[C@H](O)[C@@H](N)CC1CCCCC1)c1ccccn1. The minimum atomic E-state index is -2.16. The number of aromatic nitrogens is 1. The van der Waals surface area contributed by atoms with Crippen LogP contribution < -0.4 is 22.5 Å². The maximum atomic E-state index is 14.1. The van der Waals surface area contributed by atoms with E-state index in [1.165, 1.54) is 6.20 Å². The highest BCUT2D eigenvalue weighted by atomic mass is 16.3. The second kappa shape index (κ2) is 14.9. The third-order valence-electron chi connectivity index (χ3n) is 8.62. The molecule has 2 rings (SSSR count). The summed E-state index contributed by atoms with van der Waals surface area (Å²) in [4.78, 5) is 45.3. The van der Waals surface area contributed by atoms with Gasteiger partial charge in [0.15, 0.2) is 11.6 Å². The Morgan fingerprint density at radius 2 is 1.74 bits per heavy atom. The summed E-state index contributed by atoms with van der Waals surface area (Å²) >= 11 is 0. The van der Waals surface area contributed by atoms with Gasteiger partial charge in [0.25, 0.3) is 0 Å². The van der Waals surface area contributed by atoms with Crippen LogP contribution in [-0.2, 0) is 14.4 Å². The van der Waals surface area contributed by atoms with Gasteiger partial charge in [-0.3, -0.25) is 19.4 Å². The van der Waals surface area contributed by atoms with Gasteiger partial charge in [-0.05, 0) is 36.3 Å². The van der Waals surface area contributed by atoms with Crippen molar-refractivity contribution in [3.05, 3.63) is 30.1 Å². The number of amides is 1. The number of pyridine rings is 1. The van der Waals surface area contributed by atoms with Gasteiger partial charge >= 0.3 is 0 Å². The molecule has 1 fully saturated rings. The number of nitrogens with two attached hydrogens (primary N) is 3. The number of hydrogen-bond donors (Lipinski definition) is 6. The van der Waals surface area contributed by atoms with Gasteiger partial charge < -0.3 is 32.7 Å². The van der Waals surface area contributed by atoms with E-state index < -0.39 is 65.7 Å². The summed E-state index contributed by atoms with van der Waals surface area (Å²) in [5, 5.41) is 25.4. The summed E-state index contributed by atoms with van der Waals surface area (Å²) in [5.41, 5.74) is 16.4. The first-order valence-corrected chi connectivity index (χ1v) is 14.3. The van der Waals surface area contributed by atoms with Gasteiger partial charge in [0.1, 0.15) is 17.6 Å². The topological polar surface area (TPSA) is 195 Å². The van der Waals surface area contributed by atoms with Gasteiger partial charge in [-0.25, -0.2) is 0 Å². The van der Waals surface area contributed by atoms with E-state index >= 15 is 0 Å². The predicted molar refractivity (Wildman–Crippen MR) is 150 cm³/mol. The van der Waals surface area contributed by atoms with Gasteiger partial charge in [-0.15, -0.1) is 0 Å². The number of aliphatic hydroxyl groups excluding tert-OH is 2. The van der Waals surface area contributed by atoms with Crippen LogP contribution in [0, 0.1) is 23.2 Å². The molecule has 1 amide bonds. The number of nitrogens with one attached hydrogen (secondary N) is 1. The van der Waals surface area contributed by atoms with Crippen LogP contribution in [0.3, 0.4) is 0 Å². The van der Waals surface area contributed by atoms with E-state index in [1.54, 1.807) is 32.0 Å². The maximum Gasteiger partial charge on any atom is 0.237 e. The van der Waals surface area contributed by atoms with Crippen molar-refractivity contribution in [3.63, 3.8) is 0 Å². The molecule has 220 valence electrons. The molecule has 0 radical (unpaired) electrons. The highest BCUT2D eigenvalue weighted by Crippen LogP contribution is 2.38. The Balaban J connectivity index is 2.47. The average molecular weight is 548 g/mol. The molecule has 1 saturated carbocycles. The Morgan fingerprint density at radius 3 is 2.26 bits per heavy atom. The summed E-state index contributed by atoms with van der Waals surface area (Å²) in [6, 6.07) is 1.90. The molecule has 1 heterocycles. The summed E-state index contributed by atoms with van der Waals surface area (Å²) in [7, 11) is 0.